The molecule has 40 heavy (non-hydrogen) atoms. The third-order valence-corrected chi connectivity index (χ3v) is 7.32. The summed E-state index contributed by atoms with van der Waals surface area (Å²) in [5, 5.41) is 7.79. The standard InChI is InChI=1S/C28H19FN8O3/c29-17-6-8-20-23(12-17)36(15-31-20)27-30-13-24-26(32-27)37(22-9-10-39-25-4-2-1-3-18(22)25)28(38)35(24)14-16-5-7-19-21(11-16)34-40-33-19/h1-8,11-13,15,22H,9-10,14H2/t22-/m1/s1. The zero-order chi connectivity index (χ0) is 26.8. The number of ether oxygens (including phenoxy) is 1. The SMILES string of the molecule is O=c1n(Cc2ccc3nonc3c2)c2cnc(-n3cnc4ccc(F)cc43)nc2n1[C@@H]1CCOc2ccccc21. The number of halogens is 1. The van der Waals surface area contributed by atoms with Gasteiger partial charge in [-0.3, -0.25) is 13.7 Å². The quantitative estimate of drug-likeness (QED) is 0.332. The van der Waals surface area contributed by atoms with E-state index in [-0.39, 0.29) is 24.2 Å². The van der Waals surface area contributed by atoms with Gasteiger partial charge in [-0.1, -0.05) is 24.3 Å². The molecule has 4 aromatic heterocycles. The van der Waals surface area contributed by atoms with E-state index in [1.807, 2.05) is 36.4 Å². The normalized spacial score (nSPS) is 15.1. The number of hydrogen-bond acceptors (Lipinski definition) is 8. The summed E-state index contributed by atoms with van der Waals surface area (Å²) in [6.07, 6.45) is 3.77. The van der Waals surface area contributed by atoms with Gasteiger partial charge in [0, 0.05) is 18.1 Å². The number of aromatic nitrogens is 8. The molecule has 0 saturated carbocycles. The van der Waals surface area contributed by atoms with Gasteiger partial charge in [0.15, 0.2) is 5.65 Å². The molecule has 8 rings (SSSR count). The highest BCUT2D eigenvalue weighted by Crippen LogP contribution is 2.35. The lowest BCUT2D eigenvalue weighted by Gasteiger charge is -2.26. The van der Waals surface area contributed by atoms with Crippen LogP contribution in [0.3, 0.4) is 0 Å². The Morgan fingerprint density at radius 1 is 0.950 bits per heavy atom. The lowest BCUT2D eigenvalue weighted by atomic mass is 10.0. The van der Waals surface area contributed by atoms with Gasteiger partial charge in [-0.2, -0.15) is 4.98 Å². The second-order valence-electron chi connectivity index (χ2n) is 9.64. The molecule has 0 saturated heterocycles. The van der Waals surface area contributed by atoms with Gasteiger partial charge >= 0.3 is 5.69 Å². The van der Waals surface area contributed by atoms with E-state index in [2.05, 4.69) is 20.3 Å². The first-order valence-electron chi connectivity index (χ1n) is 12.7. The molecule has 3 aromatic carbocycles. The van der Waals surface area contributed by atoms with Crippen molar-refractivity contribution in [1.82, 2.24) is 39.0 Å². The molecular formula is C28H19FN8O3. The number of benzene rings is 3. The summed E-state index contributed by atoms with van der Waals surface area (Å²) >= 11 is 0. The molecule has 11 nitrogen and oxygen atoms in total. The van der Waals surface area contributed by atoms with E-state index in [0.717, 1.165) is 16.9 Å². The van der Waals surface area contributed by atoms with Gasteiger partial charge in [-0.15, -0.1) is 0 Å². The number of imidazole rings is 2. The second kappa shape index (κ2) is 8.56. The summed E-state index contributed by atoms with van der Waals surface area (Å²) in [5.41, 5.74) is 4.90. The zero-order valence-corrected chi connectivity index (χ0v) is 20.8. The van der Waals surface area contributed by atoms with Crippen molar-refractivity contribution in [2.24, 2.45) is 0 Å². The van der Waals surface area contributed by atoms with Crippen LogP contribution in [0.15, 0.2) is 82.6 Å². The predicted molar refractivity (Wildman–Crippen MR) is 142 cm³/mol. The van der Waals surface area contributed by atoms with E-state index >= 15 is 0 Å². The summed E-state index contributed by atoms with van der Waals surface area (Å²) in [6, 6.07) is 17.3. The molecule has 1 atom stereocenters. The van der Waals surface area contributed by atoms with E-state index in [0.29, 0.717) is 46.3 Å². The average molecular weight is 535 g/mol. The summed E-state index contributed by atoms with van der Waals surface area (Å²) in [7, 11) is 0. The van der Waals surface area contributed by atoms with E-state index in [4.69, 9.17) is 14.3 Å². The molecule has 0 N–H and O–H groups in total. The van der Waals surface area contributed by atoms with Crippen LogP contribution in [0.2, 0.25) is 0 Å². The minimum atomic E-state index is -0.392. The van der Waals surface area contributed by atoms with Crippen molar-refractivity contribution in [3.05, 3.63) is 101 Å². The van der Waals surface area contributed by atoms with Crippen LogP contribution in [0.25, 0.3) is 39.2 Å². The van der Waals surface area contributed by atoms with Gasteiger partial charge in [0.05, 0.1) is 36.4 Å². The number of hydrogen-bond donors (Lipinski definition) is 0. The second-order valence-corrected chi connectivity index (χ2v) is 9.64. The zero-order valence-electron chi connectivity index (χ0n) is 20.8. The van der Waals surface area contributed by atoms with E-state index < -0.39 is 5.82 Å². The van der Waals surface area contributed by atoms with Crippen LogP contribution < -0.4 is 10.4 Å². The Hall–Kier alpha value is -5.39. The lowest BCUT2D eigenvalue weighted by molar-refractivity contribution is 0.255. The van der Waals surface area contributed by atoms with Gasteiger partial charge in [0.25, 0.3) is 0 Å². The van der Waals surface area contributed by atoms with E-state index in [9.17, 15) is 9.18 Å². The molecule has 12 heteroatoms. The molecule has 196 valence electrons. The van der Waals surface area contributed by atoms with Crippen molar-refractivity contribution in [3.63, 3.8) is 0 Å². The van der Waals surface area contributed by atoms with Crippen molar-refractivity contribution in [2.45, 2.75) is 19.0 Å². The summed E-state index contributed by atoms with van der Waals surface area (Å²) < 4.78 is 29.8. The van der Waals surface area contributed by atoms with Crippen molar-refractivity contribution in [3.8, 4) is 11.7 Å². The van der Waals surface area contributed by atoms with Crippen LogP contribution in [0, 0.1) is 5.82 Å². The highest BCUT2D eigenvalue weighted by Gasteiger charge is 2.29. The Bertz CT molecular complexity index is 2140. The molecule has 0 aliphatic carbocycles. The molecule has 5 heterocycles. The summed E-state index contributed by atoms with van der Waals surface area (Å²) in [6.45, 7) is 0.720. The Labute approximate surface area is 224 Å². The Morgan fingerprint density at radius 2 is 1.82 bits per heavy atom. The third-order valence-electron chi connectivity index (χ3n) is 7.32. The first kappa shape index (κ1) is 22.6. The van der Waals surface area contributed by atoms with Gasteiger partial charge < -0.3 is 4.74 Å². The minimum absolute atomic E-state index is 0.233. The maximum atomic E-state index is 14.2. The van der Waals surface area contributed by atoms with Crippen molar-refractivity contribution >= 4 is 33.2 Å². The molecular weight excluding hydrogens is 515 g/mol. The molecule has 1 aliphatic heterocycles. The Morgan fingerprint density at radius 3 is 2.77 bits per heavy atom. The van der Waals surface area contributed by atoms with Crippen molar-refractivity contribution < 1.29 is 13.8 Å². The molecule has 0 unspecified atom stereocenters. The van der Waals surface area contributed by atoms with E-state index in [1.54, 1.807) is 38.4 Å². The van der Waals surface area contributed by atoms with E-state index in [1.165, 1.54) is 12.1 Å². The lowest BCUT2D eigenvalue weighted by Crippen LogP contribution is -2.31. The average Bonchev–Trinajstić information content (AvgIpc) is 3.68. The fourth-order valence-corrected chi connectivity index (χ4v) is 5.44. The van der Waals surface area contributed by atoms with Crippen LogP contribution in [0.4, 0.5) is 4.39 Å². The predicted octanol–water partition coefficient (Wildman–Crippen LogP) is 4.03. The number of nitrogens with zero attached hydrogens (tertiary/aromatic N) is 8. The first-order valence-corrected chi connectivity index (χ1v) is 12.7. The maximum Gasteiger partial charge on any atom is 0.331 e. The van der Waals surface area contributed by atoms with Gasteiger partial charge in [0.1, 0.15) is 34.4 Å². The molecule has 0 amide bonds. The molecule has 0 spiro atoms. The van der Waals surface area contributed by atoms with Crippen LogP contribution in [0.1, 0.15) is 23.6 Å². The highest BCUT2D eigenvalue weighted by atomic mass is 19.1. The van der Waals surface area contributed by atoms with Gasteiger partial charge in [-0.25, -0.2) is 23.8 Å². The van der Waals surface area contributed by atoms with Crippen molar-refractivity contribution in [1.29, 1.82) is 0 Å². The molecule has 0 fully saturated rings. The topological polar surface area (TPSA) is 119 Å². The van der Waals surface area contributed by atoms with Gasteiger partial charge in [0.2, 0.25) is 5.95 Å². The smallest absolute Gasteiger partial charge is 0.331 e. The number of para-hydroxylation sites is 1. The largest absolute Gasteiger partial charge is 0.493 e. The van der Waals surface area contributed by atoms with Crippen LogP contribution in [-0.2, 0) is 6.54 Å². The molecule has 1 aliphatic rings. The number of fused-ring (bicyclic) bond motifs is 4. The molecule has 0 bridgehead atoms. The third kappa shape index (κ3) is 3.42. The Balaban J connectivity index is 1.35. The minimum Gasteiger partial charge on any atom is -0.493 e. The van der Waals surface area contributed by atoms with Crippen LogP contribution >= 0.6 is 0 Å². The Kier molecular flexibility index (Phi) is 4.83. The van der Waals surface area contributed by atoms with Gasteiger partial charge in [-0.05, 0) is 46.2 Å². The summed E-state index contributed by atoms with van der Waals surface area (Å²) in [5.74, 6) is 0.624. The first-order chi connectivity index (χ1) is 19.6. The maximum absolute atomic E-state index is 14.2. The molecule has 0 radical (unpaired) electrons. The van der Waals surface area contributed by atoms with Crippen molar-refractivity contribution in [2.75, 3.05) is 6.61 Å². The molecule has 7 aromatic rings. The fraction of sp³-hybridized carbons (Fsp3) is 0.143. The van der Waals surface area contributed by atoms with Crippen LogP contribution in [-0.4, -0.2) is 45.6 Å². The summed E-state index contributed by atoms with van der Waals surface area (Å²) in [4.78, 5) is 28.0. The monoisotopic (exact) mass is 534 g/mol. The van der Waals surface area contributed by atoms with Crippen LogP contribution in [0.5, 0.6) is 5.75 Å². The number of rotatable bonds is 4. The highest BCUT2D eigenvalue weighted by molar-refractivity contribution is 5.78. The fourth-order valence-electron chi connectivity index (χ4n) is 5.44.